The van der Waals surface area contributed by atoms with Gasteiger partial charge in [0.15, 0.2) is 11.5 Å². The molecule has 0 spiro atoms. The number of nitriles is 1. The van der Waals surface area contributed by atoms with Crippen LogP contribution in [-0.2, 0) is 6.42 Å². The van der Waals surface area contributed by atoms with Crippen molar-refractivity contribution in [3.63, 3.8) is 0 Å². The number of hydrogen-bond donors (Lipinski definition) is 1. The number of methoxy groups -OCH3 is 2. The van der Waals surface area contributed by atoms with Gasteiger partial charge in [0.2, 0.25) is 0 Å². The third-order valence-electron chi connectivity index (χ3n) is 3.19. The second-order valence-corrected chi connectivity index (χ2v) is 5.42. The molecule has 4 nitrogen and oxygen atoms in total. The van der Waals surface area contributed by atoms with E-state index in [9.17, 15) is 5.26 Å². The summed E-state index contributed by atoms with van der Waals surface area (Å²) in [6.45, 7) is 2.41. The first-order valence-electron chi connectivity index (χ1n) is 5.97. The quantitative estimate of drug-likeness (QED) is 0.862. The second-order valence-electron chi connectivity index (χ2n) is 4.53. The fraction of sp³-hybridized carbons (Fsp3) is 0.429. The summed E-state index contributed by atoms with van der Waals surface area (Å²) >= 11 is 4.40. The van der Waals surface area contributed by atoms with Crippen molar-refractivity contribution in [3.8, 4) is 17.6 Å². The van der Waals surface area contributed by atoms with Crippen LogP contribution in [0.1, 0.15) is 18.1 Å². The Balaban J connectivity index is 2.59. The third kappa shape index (κ3) is 2.41. The molecule has 0 saturated carbocycles. The zero-order chi connectivity index (χ0) is 14.0. The number of thiol groups is 1. The standard InChI is InChI=1S/C14H16N2O2S/c1-14(19,8-15)13-10-7-12(18-3)11(17-2)6-9(10)4-5-16-13/h6-7,19H,4-5H2,1-3H3. The fourth-order valence-corrected chi connectivity index (χ4v) is 2.38. The van der Waals surface area contributed by atoms with Gasteiger partial charge in [0.1, 0.15) is 4.75 Å². The molecular weight excluding hydrogens is 260 g/mol. The van der Waals surface area contributed by atoms with Crippen LogP contribution < -0.4 is 9.47 Å². The van der Waals surface area contributed by atoms with Crippen molar-refractivity contribution in [2.75, 3.05) is 20.8 Å². The average Bonchev–Trinajstić information content (AvgIpc) is 2.44. The number of rotatable bonds is 3. The predicted molar refractivity (Wildman–Crippen MR) is 77.7 cm³/mol. The molecule has 1 aromatic carbocycles. The van der Waals surface area contributed by atoms with Crippen molar-refractivity contribution < 1.29 is 9.47 Å². The largest absolute Gasteiger partial charge is 0.493 e. The summed E-state index contributed by atoms with van der Waals surface area (Å²) < 4.78 is 9.70. The molecule has 0 saturated heterocycles. The molecule has 2 rings (SSSR count). The van der Waals surface area contributed by atoms with Gasteiger partial charge in [-0.1, -0.05) is 0 Å². The highest BCUT2D eigenvalue weighted by Gasteiger charge is 2.31. The zero-order valence-electron chi connectivity index (χ0n) is 11.2. The molecule has 1 aliphatic heterocycles. The van der Waals surface area contributed by atoms with Crippen LogP contribution in [0.25, 0.3) is 0 Å². The van der Waals surface area contributed by atoms with E-state index < -0.39 is 4.75 Å². The van der Waals surface area contributed by atoms with Crippen LogP contribution in [0.4, 0.5) is 0 Å². The number of fused-ring (bicyclic) bond motifs is 1. The minimum atomic E-state index is -0.908. The predicted octanol–water partition coefficient (Wildman–Crippen LogP) is 2.26. The van der Waals surface area contributed by atoms with Gasteiger partial charge in [0.25, 0.3) is 0 Å². The smallest absolute Gasteiger partial charge is 0.161 e. The lowest BCUT2D eigenvalue weighted by molar-refractivity contribution is 0.354. The number of hydrogen-bond acceptors (Lipinski definition) is 5. The minimum absolute atomic E-state index is 0.637. The number of benzene rings is 1. The fourth-order valence-electron chi connectivity index (χ4n) is 2.19. The molecule has 1 aromatic rings. The van der Waals surface area contributed by atoms with Crippen LogP contribution in [0, 0.1) is 11.3 Å². The van der Waals surface area contributed by atoms with Gasteiger partial charge in [-0.05, 0) is 31.0 Å². The molecule has 1 unspecified atom stereocenters. The Bertz CT molecular complexity index is 574. The van der Waals surface area contributed by atoms with Crippen LogP contribution in [0.15, 0.2) is 17.1 Å². The van der Waals surface area contributed by atoms with Crippen LogP contribution in [-0.4, -0.2) is 31.2 Å². The highest BCUT2D eigenvalue weighted by molar-refractivity contribution is 7.83. The number of ether oxygens (including phenoxy) is 2. The van der Waals surface area contributed by atoms with Gasteiger partial charge in [0, 0.05) is 12.1 Å². The van der Waals surface area contributed by atoms with Crippen molar-refractivity contribution in [3.05, 3.63) is 23.3 Å². The van der Waals surface area contributed by atoms with Crippen LogP contribution in [0.2, 0.25) is 0 Å². The Morgan fingerprint density at radius 1 is 1.32 bits per heavy atom. The summed E-state index contributed by atoms with van der Waals surface area (Å²) in [6, 6.07) is 6.00. The first-order chi connectivity index (χ1) is 9.03. The molecule has 1 atom stereocenters. The molecule has 0 bridgehead atoms. The molecule has 0 fully saturated rings. The lowest BCUT2D eigenvalue weighted by Crippen LogP contribution is -2.31. The lowest BCUT2D eigenvalue weighted by atomic mass is 9.90. The van der Waals surface area contributed by atoms with Gasteiger partial charge in [-0.2, -0.15) is 17.9 Å². The molecule has 100 valence electrons. The Labute approximate surface area is 118 Å². The highest BCUT2D eigenvalue weighted by atomic mass is 32.1. The zero-order valence-corrected chi connectivity index (χ0v) is 12.1. The van der Waals surface area contributed by atoms with E-state index in [4.69, 9.17) is 9.47 Å². The summed E-state index contributed by atoms with van der Waals surface area (Å²) in [5, 5.41) is 9.24. The molecule has 19 heavy (non-hydrogen) atoms. The summed E-state index contributed by atoms with van der Waals surface area (Å²) in [4.78, 5) is 4.47. The Hall–Kier alpha value is -1.67. The first kappa shape index (κ1) is 13.8. The van der Waals surface area contributed by atoms with E-state index in [0.29, 0.717) is 23.8 Å². The van der Waals surface area contributed by atoms with Crippen LogP contribution in [0.3, 0.4) is 0 Å². The first-order valence-corrected chi connectivity index (χ1v) is 6.42. The van der Waals surface area contributed by atoms with Crippen LogP contribution >= 0.6 is 12.6 Å². The summed E-state index contributed by atoms with van der Waals surface area (Å²) in [5.74, 6) is 1.33. The minimum Gasteiger partial charge on any atom is -0.493 e. The Morgan fingerprint density at radius 2 is 1.95 bits per heavy atom. The molecular formula is C14H16N2O2S. The molecule has 5 heteroatoms. The van der Waals surface area contributed by atoms with Gasteiger partial charge in [-0.3, -0.25) is 4.99 Å². The Morgan fingerprint density at radius 3 is 2.53 bits per heavy atom. The van der Waals surface area contributed by atoms with Gasteiger partial charge < -0.3 is 9.47 Å². The van der Waals surface area contributed by atoms with Crippen molar-refractivity contribution >= 4 is 18.3 Å². The SMILES string of the molecule is COc1cc2c(cc1OC)C(C(C)(S)C#N)=NCC2. The molecule has 0 N–H and O–H groups in total. The van der Waals surface area contributed by atoms with E-state index >= 15 is 0 Å². The maximum absolute atomic E-state index is 9.24. The monoisotopic (exact) mass is 276 g/mol. The molecule has 0 aromatic heterocycles. The van der Waals surface area contributed by atoms with Crippen molar-refractivity contribution in [1.82, 2.24) is 0 Å². The van der Waals surface area contributed by atoms with E-state index in [0.717, 1.165) is 17.5 Å². The topological polar surface area (TPSA) is 54.6 Å². The van der Waals surface area contributed by atoms with E-state index in [2.05, 4.69) is 23.7 Å². The molecule has 1 aliphatic rings. The van der Waals surface area contributed by atoms with Gasteiger partial charge in [0.05, 0.1) is 26.0 Å². The van der Waals surface area contributed by atoms with E-state index in [-0.39, 0.29) is 0 Å². The number of aliphatic imine (C=N–C) groups is 1. The molecule has 0 radical (unpaired) electrons. The molecule has 0 aliphatic carbocycles. The number of nitrogens with zero attached hydrogens (tertiary/aromatic N) is 2. The van der Waals surface area contributed by atoms with E-state index in [1.54, 1.807) is 21.1 Å². The van der Waals surface area contributed by atoms with Gasteiger partial charge >= 0.3 is 0 Å². The van der Waals surface area contributed by atoms with Crippen LogP contribution in [0.5, 0.6) is 11.5 Å². The third-order valence-corrected chi connectivity index (χ3v) is 3.51. The van der Waals surface area contributed by atoms with Crippen molar-refractivity contribution in [2.45, 2.75) is 18.1 Å². The second kappa shape index (κ2) is 5.14. The summed E-state index contributed by atoms with van der Waals surface area (Å²) in [6.07, 6.45) is 0.828. The van der Waals surface area contributed by atoms with Gasteiger partial charge in [-0.15, -0.1) is 0 Å². The van der Waals surface area contributed by atoms with E-state index in [1.165, 1.54) is 0 Å². The van der Waals surface area contributed by atoms with Gasteiger partial charge in [-0.25, -0.2) is 0 Å². The maximum atomic E-state index is 9.24. The van der Waals surface area contributed by atoms with Crippen molar-refractivity contribution in [1.29, 1.82) is 5.26 Å². The summed E-state index contributed by atoms with van der Waals surface area (Å²) in [7, 11) is 3.20. The lowest BCUT2D eigenvalue weighted by Gasteiger charge is -2.25. The molecule has 0 amide bonds. The highest BCUT2D eigenvalue weighted by Crippen LogP contribution is 2.35. The molecule has 1 heterocycles. The normalized spacial score (nSPS) is 16.7. The summed E-state index contributed by atoms with van der Waals surface area (Å²) in [5.41, 5.74) is 2.72. The average molecular weight is 276 g/mol. The Kier molecular flexibility index (Phi) is 3.72. The van der Waals surface area contributed by atoms with Crippen molar-refractivity contribution in [2.24, 2.45) is 4.99 Å². The maximum Gasteiger partial charge on any atom is 0.161 e. The van der Waals surface area contributed by atoms with E-state index in [1.807, 2.05) is 12.1 Å².